The van der Waals surface area contributed by atoms with Gasteiger partial charge in [-0.05, 0) is 35.4 Å². The van der Waals surface area contributed by atoms with E-state index in [1.54, 1.807) is 6.07 Å². The summed E-state index contributed by atoms with van der Waals surface area (Å²) < 4.78 is 135. The molecule has 1 saturated carbocycles. The van der Waals surface area contributed by atoms with Crippen LogP contribution in [0.3, 0.4) is 0 Å². The van der Waals surface area contributed by atoms with E-state index in [0.717, 1.165) is 36.4 Å². The van der Waals surface area contributed by atoms with Gasteiger partial charge in [0.25, 0.3) is 5.60 Å². The summed E-state index contributed by atoms with van der Waals surface area (Å²) >= 11 is 0. The summed E-state index contributed by atoms with van der Waals surface area (Å²) in [6, 6.07) is 14.3. The summed E-state index contributed by atoms with van der Waals surface area (Å²) in [5, 5.41) is 0. The Morgan fingerprint density at radius 2 is 1.33 bits per heavy atom. The van der Waals surface area contributed by atoms with Crippen LogP contribution in [-0.4, -0.2) is 33.0 Å². The fourth-order valence-electron chi connectivity index (χ4n) is 5.23. The first-order chi connectivity index (χ1) is 18.2. The monoisotopic (exact) mass is 574 g/mol. The molecule has 208 valence electrons. The third-order valence-corrected chi connectivity index (χ3v) is 9.79. The second-order valence-electron chi connectivity index (χ2n) is 9.60. The van der Waals surface area contributed by atoms with Crippen molar-refractivity contribution in [3.8, 4) is 0 Å². The minimum atomic E-state index is -5.90. The van der Waals surface area contributed by atoms with E-state index in [-0.39, 0.29) is 28.9 Å². The zero-order chi connectivity index (χ0) is 28.3. The fourth-order valence-corrected chi connectivity index (χ4v) is 7.39. The summed E-state index contributed by atoms with van der Waals surface area (Å²) in [4.78, 5) is -0.222. The predicted octanol–water partition coefficient (Wildman–Crippen LogP) is 6.59. The number of fused-ring (bicyclic) bond motifs is 1. The van der Waals surface area contributed by atoms with Gasteiger partial charge in [0.05, 0.1) is 23.7 Å². The number of sulfone groups is 1. The molecule has 0 radical (unpaired) electrons. The molecular weight excluding hydrogens is 553 g/mol. The summed E-state index contributed by atoms with van der Waals surface area (Å²) in [6.45, 7) is -0.981. The molecule has 12 heteroatoms. The third kappa shape index (κ3) is 4.52. The maximum absolute atomic E-state index is 14.2. The molecule has 1 saturated heterocycles. The van der Waals surface area contributed by atoms with Crippen molar-refractivity contribution in [3.63, 3.8) is 0 Å². The minimum Gasteiger partial charge on any atom is -0.369 e. The maximum atomic E-state index is 14.2. The smallest absolute Gasteiger partial charge is 0.369 e. The van der Waals surface area contributed by atoms with Crippen molar-refractivity contribution in [2.24, 2.45) is 0 Å². The highest BCUT2D eigenvalue weighted by Gasteiger charge is 2.73. The third-order valence-electron chi connectivity index (χ3n) is 7.30. The van der Waals surface area contributed by atoms with Crippen molar-refractivity contribution in [1.82, 2.24) is 0 Å². The van der Waals surface area contributed by atoms with Crippen LogP contribution in [0.5, 0.6) is 0 Å². The summed E-state index contributed by atoms with van der Waals surface area (Å²) in [7, 11) is -4.25. The van der Waals surface area contributed by atoms with E-state index < -0.39 is 62.7 Å². The van der Waals surface area contributed by atoms with E-state index in [4.69, 9.17) is 4.74 Å². The molecule has 2 fully saturated rings. The molecule has 1 heterocycles. The van der Waals surface area contributed by atoms with Gasteiger partial charge in [0.1, 0.15) is 10.6 Å². The van der Waals surface area contributed by atoms with Crippen LogP contribution >= 0.6 is 0 Å². The number of epoxide rings is 1. The van der Waals surface area contributed by atoms with Gasteiger partial charge >= 0.3 is 12.4 Å². The number of hydrogen-bond acceptors (Lipinski definition) is 4. The fraction of sp³-hybridized carbons (Fsp3) is 0.333. The van der Waals surface area contributed by atoms with Gasteiger partial charge in [-0.2, -0.15) is 26.3 Å². The first-order valence-electron chi connectivity index (χ1n) is 11.8. The van der Waals surface area contributed by atoms with Gasteiger partial charge < -0.3 is 9.47 Å². The lowest BCUT2D eigenvalue weighted by molar-refractivity contribution is -0.392. The Kier molecular flexibility index (Phi) is 6.59. The van der Waals surface area contributed by atoms with E-state index >= 15 is 0 Å². The van der Waals surface area contributed by atoms with E-state index in [9.17, 15) is 39.2 Å². The Labute approximate surface area is 219 Å². The summed E-state index contributed by atoms with van der Waals surface area (Å²) in [6.07, 6.45) is -12.7. The highest BCUT2D eigenvalue weighted by atomic mass is 32.2. The van der Waals surface area contributed by atoms with Crippen LogP contribution in [-0.2, 0) is 36.3 Å². The number of hydrogen-bond donors (Lipinski definition) is 0. The second kappa shape index (κ2) is 9.31. The second-order valence-corrected chi connectivity index (χ2v) is 11.9. The summed E-state index contributed by atoms with van der Waals surface area (Å²) in [5.74, 6) is -0.670. The molecule has 1 aliphatic carbocycles. The lowest BCUT2D eigenvalue weighted by Gasteiger charge is -2.38. The molecule has 3 aromatic rings. The maximum Gasteiger partial charge on any atom is 0.430 e. The molecule has 0 amide bonds. The highest BCUT2D eigenvalue weighted by molar-refractivity contribution is 7.92. The van der Waals surface area contributed by atoms with E-state index in [0.29, 0.717) is 12.1 Å². The van der Waals surface area contributed by atoms with Crippen LogP contribution in [0, 0.1) is 5.82 Å². The Morgan fingerprint density at radius 1 is 0.795 bits per heavy atom. The number of benzene rings is 3. The Morgan fingerprint density at radius 3 is 1.85 bits per heavy atom. The van der Waals surface area contributed by atoms with Crippen molar-refractivity contribution in [2.45, 2.75) is 59.3 Å². The van der Waals surface area contributed by atoms with Gasteiger partial charge in [0.2, 0.25) is 0 Å². The van der Waals surface area contributed by atoms with Crippen molar-refractivity contribution >= 4 is 9.84 Å². The molecular formula is C27H21F7O4S. The van der Waals surface area contributed by atoms with Crippen LogP contribution < -0.4 is 0 Å². The standard InChI is InChI=1S/C27H21F7O4S/c28-20-10-12-21(13-11-20)39(35,36)24(14-22-23(15-24)38-22)18-6-8-19(9-7-18)25(26(29,30)31,27(32,33)34)37-16-17-4-2-1-3-5-17/h1-13,22-23H,14-16H2/t22-,23+,24+. The number of alkyl halides is 6. The van der Waals surface area contributed by atoms with Crippen molar-refractivity contribution < 1.29 is 48.6 Å². The first kappa shape index (κ1) is 27.6. The molecule has 0 bridgehead atoms. The normalized spacial score (nSPS) is 23.5. The quantitative estimate of drug-likeness (QED) is 0.182. The molecule has 4 nitrogen and oxygen atoms in total. The van der Waals surface area contributed by atoms with Crippen LogP contribution in [0.1, 0.15) is 29.5 Å². The van der Waals surface area contributed by atoms with Gasteiger partial charge in [-0.25, -0.2) is 12.8 Å². The number of rotatable bonds is 7. The molecule has 3 aromatic carbocycles. The van der Waals surface area contributed by atoms with Gasteiger partial charge in [0.15, 0.2) is 9.84 Å². The lowest BCUT2D eigenvalue weighted by atomic mass is 9.88. The molecule has 0 spiro atoms. The SMILES string of the molecule is O=S(=O)(c1ccc(F)cc1)[C@]1(c2ccc(C(OCc3ccccc3)(C(F)(F)F)C(F)(F)F)cc2)C[C@@H]2O[C@@H]2C1. The molecule has 0 N–H and O–H groups in total. The molecule has 3 atom stereocenters. The molecule has 0 unspecified atom stereocenters. The highest BCUT2D eigenvalue weighted by Crippen LogP contribution is 2.57. The first-order valence-corrected chi connectivity index (χ1v) is 13.3. The molecule has 5 rings (SSSR count). The minimum absolute atomic E-state index is 0.00711. The predicted molar refractivity (Wildman–Crippen MR) is 125 cm³/mol. The number of ether oxygens (including phenoxy) is 2. The van der Waals surface area contributed by atoms with Crippen molar-refractivity contribution in [3.05, 3.63) is 101 Å². The molecule has 1 aliphatic heterocycles. The topological polar surface area (TPSA) is 55.9 Å². The van der Waals surface area contributed by atoms with E-state index in [2.05, 4.69) is 4.74 Å². The van der Waals surface area contributed by atoms with Gasteiger partial charge in [-0.1, -0.05) is 54.6 Å². The van der Waals surface area contributed by atoms with Gasteiger partial charge in [-0.3, -0.25) is 0 Å². The van der Waals surface area contributed by atoms with Gasteiger partial charge in [-0.15, -0.1) is 0 Å². The largest absolute Gasteiger partial charge is 0.430 e. The summed E-state index contributed by atoms with van der Waals surface area (Å²) in [5.41, 5.74) is -5.80. The molecule has 39 heavy (non-hydrogen) atoms. The Balaban J connectivity index is 1.58. The van der Waals surface area contributed by atoms with E-state index in [1.807, 2.05) is 0 Å². The van der Waals surface area contributed by atoms with E-state index in [1.165, 1.54) is 24.3 Å². The zero-order valence-electron chi connectivity index (χ0n) is 20.0. The average molecular weight is 575 g/mol. The molecule has 2 aliphatic rings. The lowest BCUT2D eigenvalue weighted by Crippen LogP contribution is -2.55. The van der Waals surface area contributed by atoms with Crippen molar-refractivity contribution in [1.29, 1.82) is 0 Å². The van der Waals surface area contributed by atoms with Gasteiger partial charge in [0, 0.05) is 18.4 Å². The van der Waals surface area contributed by atoms with Crippen molar-refractivity contribution in [2.75, 3.05) is 0 Å². The molecule has 0 aromatic heterocycles. The Hall–Kier alpha value is -2.96. The van der Waals surface area contributed by atoms with Crippen LogP contribution in [0.4, 0.5) is 30.7 Å². The van der Waals surface area contributed by atoms with Crippen LogP contribution in [0.2, 0.25) is 0 Å². The van der Waals surface area contributed by atoms with Crippen LogP contribution in [0.25, 0.3) is 0 Å². The van der Waals surface area contributed by atoms with Crippen LogP contribution in [0.15, 0.2) is 83.8 Å². The Bertz CT molecular complexity index is 1410. The average Bonchev–Trinajstić information content (AvgIpc) is 3.49. The number of halogens is 7. The zero-order valence-corrected chi connectivity index (χ0v) is 20.8.